The van der Waals surface area contributed by atoms with Crippen molar-refractivity contribution < 1.29 is 23.4 Å². The number of ether oxygens (including phenoxy) is 1. The monoisotopic (exact) mass is 250 g/mol. The quantitative estimate of drug-likeness (QED) is 0.906. The van der Waals surface area contributed by atoms with Crippen LogP contribution in [0.1, 0.15) is 21.9 Å². The summed E-state index contributed by atoms with van der Waals surface area (Å²) in [5.41, 5.74) is 0.484. The lowest BCUT2D eigenvalue weighted by Gasteiger charge is -2.05. The maximum atomic E-state index is 13.0. The topological polar surface area (TPSA) is 59.7 Å². The molecule has 18 heavy (non-hydrogen) atoms. The second-order valence-electron chi connectivity index (χ2n) is 3.77. The summed E-state index contributed by atoms with van der Waals surface area (Å²) in [6, 6.07) is 7.27. The second-order valence-corrected chi connectivity index (χ2v) is 3.77. The molecule has 5 heteroatoms. The van der Waals surface area contributed by atoms with Crippen LogP contribution in [0.2, 0.25) is 0 Å². The summed E-state index contributed by atoms with van der Waals surface area (Å²) >= 11 is 0. The van der Waals surface area contributed by atoms with Gasteiger partial charge in [-0.25, -0.2) is 9.18 Å². The van der Waals surface area contributed by atoms with Crippen molar-refractivity contribution >= 4 is 5.97 Å². The SMILES string of the molecule is Cc1cc(OCc2ccc(C(=O)O)o2)ccc1F. The van der Waals surface area contributed by atoms with Crippen LogP contribution in [-0.4, -0.2) is 11.1 Å². The Kier molecular flexibility index (Phi) is 3.32. The van der Waals surface area contributed by atoms with E-state index in [1.807, 2.05) is 0 Å². The van der Waals surface area contributed by atoms with Gasteiger partial charge in [-0.2, -0.15) is 0 Å². The van der Waals surface area contributed by atoms with Crippen molar-refractivity contribution in [1.29, 1.82) is 0 Å². The van der Waals surface area contributed by atoms with Crippen molar-refractivity contribution in [1.82, 2.24) is 0 Å². The number of hydrogen-bond acceptors (Lipinski definition) is 3. The Hall–Kier alpha value is -2.30. The molecule has 0 aliphatic heterocycles. The normalized spacial score (nSPS) is 10.3. The average molecular weight is 250 g/mol. The first kappa shape index (κ1) is 12.2. The third kappa shape index (κ3) is 2.68. The molecule has 1 aromatic carbocycles. The van der Waals surface area contributed by atoms with Crippen LogP contribution in [0.3, 0.4) is 0 Å². The third-order valence-electron chi connectivity index (χ3n) is 2.38. The summed E-state index contributed by atoms with van der Waals surface area (Å²) in [5.74, 6) is -0.659. The zero-order valence-corrected chi connectivity index (χ0v) is 9.64. The minimum Gasteiger partial charge on any atom is -0.486 e. The van der Waals surface area contributed by atoms with Gasteiger partial charge in [-0.3, -0.25) is 0 Å². The van der Waals surface area contributed by atoms with Crippen molar-refractivity contribution in [2.24, 2.45) is 0 Å². The molecule has 0 amide bonds. The van der Waals surface area contributed by atoms with Gasteiger partial charge < -0.3 is 14.3 Å². The predicted molar refractivity (Wildman–Crippen MR) is 61.1 cm³/mol. The van der Waals surface area contributed by atoms with Crippen molar-refractivity contribution in [3.8, 4) is 5.75 Å². The number of hydrogen-bond donors (Lipinski definition) is 1. The number of rotatable bonds is 4. The first-order valence-corrected chi connectivity index (χ1v) is 5.27. The summed E-state index contributed by atoms with van der Waals surface area (Å²) in [4.78, 5) is 10.6. The van der Waals surface area contributed by atoms with Crippen molar-refractivity contribution in [2.45, 2.75) is 13.5 Å². The van der Waals surface area contributed by atoms with E-state index in [-0.39, 0.29) is 18.2 Å². The second kappa shape index (κ2) is 4.91. The van der Waals surface area contributed by atoms with E-state index in [1.54, 1.807) is 13.0 Å². The highest BCUT2D eigenvalue weighted by Crippen LogP contribution is 2.18. The molecule has 0 atom stereocenters. The summed E-state index contributed by atoms with van der Waals surface area (Å²) in [6.07, 6.45) is 0. The fourth-order valence-corrected chi connectivity index (χ4v) is 1.43. The van der Waals surface area contributed by atoms with E-state index in [0.717, 1.165) is 0 Å². The lowest BCUT2D eigenvalue weighted by Crippen LogP contribution is -1.96. The van der Waals surface area contributed by atoms with Crippen molar-refractivity contribution in [2.75, 3.05) is 0 Å². The van der Waals surface area contributed by atoms with Crippen LogP contribution in [0.15, 0.2) is 34.7 Å². The molecule has 2 rings (SSSR count). The number of carboxylic acids is 1. The fourth-order valence-electron chi connectivity index (χ4n) is 1.43. The smallest absolute Gasteiger partial charge is 0.371 e. The predicted octanol–water partition coefficient (Wildman–Crippen LogP) is 3.00. The molecule has 0 radical (unpaired) electrons. The molecule has 1 aromatic heterocycles. The van der Waals surface area contributed by atoms with Gasteiger partial charge in [0.25, 0.3) is 0 Å². The van der Waals surface area contributed by atoms with Crippen LogP contribution >= 0.6 is 0 Å². The van der Waals surface area contributed by atoms with Gasteiger partial charge in [0.05, 0.1) is 0 Å². The Morgan fingerprint density at radius 1 is 1.39 bits per heavy atom. The number of benzene rings is 1. The first-order valence-electron chi connectivity index (χ1n) is 5.27. The van der Waals surface area contributed by atoms with Gasteiger partial charge in [0.2, 0.25) is 5.76 Å². The highest BCUT2D eigenvalue weighted by Gasteiger charge is 2.09. The number of carboxylic acid groups (broad SMARTS) is 1. The van der Waals surface area contributed by atoms with Gasteiger partial charge >= 0.3 is 5.97 Å². The van der Waals surface area contributed by atoms with E-state index in [1.165, 1.54) is 24.3 Å². The minimum atomic E-state index is -1.13. The summed E-state index contributed by atoms with van der Waals surface area (Å²) in [5, 5.41) is 8.67. The Labute approximate surface area is 103 Å². The van der Waals surface area contributed by atoms with Crippen molar-refractivity contribution in [3.63, 3.8) is 0 Å². The molecule has 0 bridgehead atoms. The van der Waals surface area contributed by atoms with E-state index < -0.39 is 5.97 Å². The molecule has 0 spiro atoms. The Balaban J connectivity index is 2.02. The number of aryl methyl sites for hydroxylation is 1. The molecule has 0 unspecified atom stereocenters. The van der Waals surface area contributed by atoms with Crippen molar-refractivity contribution in [3.05, 3.63) is 53.2 Å². The van der Waals surface area contributed by atoms with Gasteiger partial charge in [-0.05, 0) is 42.8 Å². The highest BCUT2D eigenvalue weighted by molar-refractivity contribution is 5.84. The van der Waals surface area contributed by atoms with E-state index >= 15 is 0 Å². The standard InChI is InChI=1S/C13H11FO4/c1-8-6-9(2-4-11(8)14)17-7-10-3-5-12(18-10)13(15)16/h2-6H,7H2,1H3,(H,15,16). The molecule has 0 saturated carbocycles. The zero-order chi connectivity index (χ0) is 13.1. The van der Waals surface area contributed by atoms with Crippen LogP contribution in [-0.2, 0) is 6.61 Å². The number of aromatic carboxylic acids is 1. The molecule has 0 saturated heterocycles. The summed E-state index contributed by atoms with van der Waals surface area (Å²) in [7, 11) is 0. The fraction of sp³-hybridized carbons (Fsp3) is 0.154. The first-order chi connectivity index (χ1) is 8.56. The van der Waals surface area contributed by atoms with E-state index in [9.17, 15) is 9.18 Å². The molecule has 4 nitrogen and oxygen atoms in total. The van der Waals surface area contributed by atoms with Crippen LogP contribution < -0.4 is 4.74 Å². The van der Waals surface area contributed by atoms with Crippen LogP contribution in [0.5, 0.6) is 5.75 Å². The molecule has 1 N–H and O–H groups in total. The lowest BCUT2D eigenvalue weighted by molar-refractivity contribution is 0.0658. The van der Waals surface area contributed by atoms with Gasteiger partial charge in [-0.15, -0.1) is 0 Å². The third-order valence-corrected chi connectivity index (χ3v) is 2.38. The summed E-state index contributed by atoms with van der Waals surface area (Å²) < 4.78 is 23.4. The maximum Gasteiger partial charge on any atom is 0.371 e. The summed E-state index contributed by atoms with van der Waals surface area (Å²) in [6.45, 7) is 1.73. The zero-order valence-electron chi connectivity index (χ0n) is 9.64. The molecular weight excluding hydrogens is 239 g/mol. The molecule has 94 valence electrons. The van der Waals surface area contributed by atoms with E-state index in [4.69, 9.17) is 14.3 Å². The average Bonchev–Trinajstić information content (AvgIpc) is 2.79. The molecule has 0 aliphatic rings. The van der Waals surface area contributed by atoms with Crippen LogP contribution in [0, 0.1) is 12.7 Å². The van der Waals surface area contributed by atoms with E-state index in [2.05, 4.69) is 0 Å². The molecule has 0 fully saturated rings. The molecule has 2 aromatic rings. The van der Waals surface area contributed by atoms with Crippen LogP contribution in [0.25, 0.3) is 0 Å². The Morgan fingerprint density at radius 3 is 2.78 bits per heavy atom. The number of carbonyl (C=O) groups is 1. The molecular formula is C13H11FO4. The van der Waals surface area contributed by atoms with Gasteiger partial charge in [-0.1, -0.05) is 0 Å². The Bertz CT molecular complexity index is 574. The highest BCUT2D eigenvalue weighted by atomic mass is 19.1. The largest absolute Gasteiger partial charge is 0.486 e. The maximum absolute atomic E-state index is 13.0. The van der Waals surface area contributed by atoms with Gasteiger partial charge in [0.1, 0.15) is 23.9 Å². The number of halogens is 1. The van der Waals surface area contributed by atoms with E-state index in [0.29, 0.717) is 17.1 Å². The van der Waals surface area contributed by atoms with Crippen LogP contribution in [0.4, 0.5) is 4.39 Å². The van der Waals surface area contributed by atoms with Gasteiger partial charge in [0, 0.05) is 0 Å². The number of furan rings is 1. The molecule has 1 heterocycles. The Morgan fingerprint density at radius 2 is 2.17 bits per heavy atom. The minimum absolute atomic E-state index is 0.0956. The van der Waals surface area contributed by atoms with Gasteiger partial charge in [0.15, 0.2) is 0 Å². The molecule has 0 aliphatic carbocycles. The lowest BCUT2D eigenvalue weighted by atomic mass is 10.2.